The van der Waals surface area contributed by atoms with Gasteiger partial charge in [-0.3, -0.25) is 0 Å². The van der Waals surface area contributed by atoms with Crippen molar-refractivity contribution in [2.24, 2.45) is 10.7 Å². The Morgan fingerprint density at radius 3 is 2.40 bits per heavy atom. The van der Waals surface area contributed by atoms with E-state index in [1.54, 1.807) is 0 Å². The van der Waals surface area contributed by atoms with Crippen LogP contribution in [0.2, 0.25) is 0 Å². The molecule has 1 aromatic carbocycles. The van der Waals surface area contributed by atoms with E-state index in [4.69, 9.17) is 5.73 Å². The molecule has 1 aromatic rings. The first-order valence-electron chi connectivity index (χ1n) is 6.90. The maximum atomic E-state index is 12.1. The van der Waals surface area contributed by atoms with Gasteiger partial charge in [-0.05, 0) is 37.5 Å². The highest BCUT2D eigenvalue weighted by molar-refractivity contribution is 6.06. The average molecular weight is 272 g/mol. The standard InChI is InChI=1S/C15H20N4O/c1-15(10-4-6-11(7-5-10)18(2)3)13(16)17-14(20)19(15)12-8-9-12/h4-7,12H,8-9H2,1-3H3,(H2,16,17,20). The Hall–Kier alpha value is -2.04. The van der Waals surface area contributed by atoms with Crippen molar-refractivity contribution >= 4 is 17.6 Å². The fourth-order valence-corrected chi connectivity index (χ4v) is 2.81. The predicted molar refractivity (Wildman–Crippen MR) is 80.0 cm³/mol. The molecule has 106 valence electrons. The van der Waals surface area contributed by atoms with E-state index < -0.39 is 5.54 Å². The largest absolute Gasteiger partial charge is 0.385 e. The molecule has 0 aromatic heterocycles. The van der Waals surface area contributed by atoms with Gasteiger partial charge in [-0.15, -0.1) is 0 Å². The normalized spacial score (nSPS) is 25.9. The lowest BCUT2D eigenvalue weighted by atomic mass is 9.89. The number of carbonyl (C=O) groups excluding carboxylic acids is 1. The summed E-state index contributed by atoms with van der Waals surface area (Å²) >= 11 is 0. The predicted octanol–water partition coefficient (Wildman–Crippen LogP) is 1.92. The number of hydrogen-bond acceptors (Lipinski definition) is 3. The van der Waals surface area contributed by atoms with Gasteiger partial charge in [0.05, 0.1) is 0 Å². The summed E-state index contributed by atoms with van der Waals surface area (Å²) in [5.74, 6) is 0.395. The summed E-state index contributed by atoms with van der Waals surface area (Å²) < 4.78 is 0. The third-order valence-corrected chi connectivity index (χ3v) is 4.26. The fraction of sp³-hybridized carbons (Fsp3) is 0.467. The molecule has 1 aliphatic carbocycles. The van der Waals surface area contributed by atoms with Gasteiger partial charge in [0, 0.05) is 25.8 Å². The second-order valence-corrected chi connectivity index (χ2v) is 5.89. The zero-order chi connectivity index (χ0) is 14.5. The molecule has 0 spiro atoms. The third kappa shape index (κ3) is 1.77. The molecule has 1 saturated carbocycles. The van der Waals surface area contributed by atoms with Crippen molar-refractivity contribution < 1.29 is 4.79 Å². The number of amidine groups is 1. The molecule has 0 radical (unpaired) electrons. The molecule has 1 unspecified atom stereocenters. The van der Waals surface area contributed by atoms with Crippen LogP contribution in [-0.2, 0) is 5.54 Å². The molecule has 0 bridgehead atoms. The Labute approximate surface area is 119 Å². The number of aliphatic imine (C=N–C) groups is 1. The van der Waals surface area contributed by atoms with E-state index in [0.29, 0.717) is 5.84 Å². The molecule has 1 fully saturated rings. The molecular weight excluding hydrogens is 252 g/mol. The van der Waals surface area contributed by atoms with Crippen molar-refractivity contribution in [2.45, 2.75) is 31.3 Å². The molecule has 5 heteroatoms. The van der Waals surface area contributed by atoms with Crippen molar-refractivity contribution in [3.05, 3.63) is 29.8 Å². The molecular formula is C15H20N4O. The van der Waals surface area contributed by atoms with E-state index in [-0.39, 0.29) is 12.1 Å². The highest BCUT2D eigenvalue weighted by atomic mass is 16.2. The molecule has 2 amide bonds. The Morgan fingerprint density at radius 2 is 1.90 bits per heavy atom. The van der Waals surface area contributed by atoms with E-state index >= 15 is 0 Å². The van der Waals surface area contributed by atoms with Crippen LogP contribution in [0, 0.1) is 0 Å². The van der Waals surface area contributed by atoms with Crippen LogP contribution in [0.25, 0.3) is 0 Å². The van der Waals surface area contributed by atoms with Crippen molar-refractivity contribution in [1.82, 2.24) is 4.90 Å². The summed E-state index contributed by atoms with van der Waals surface area (Å²) in [5, 5.41) is 0. The summed E-state index contributed by atoms with van der Waals surface area (Å²) in [6, 6.07) is 8.23. The Kier molecular flexibility index (Phi) is 2.74. The monoisotopic (exact) mass is 272 g/mol. The smallest absolute Gasteiger partial charge is 0.346 e. The van der Waals surface area contributed by atoms with Crippen molar-refractivity contribution in [3.8, 4) is 0 Å². The molecule has 20 heavy (non-hydrogen) atoms. The van der Waals surface area contributed by atoms with Crippen LogP contribution in [-0.4, -0.2) is 36.9 Å². The Balaban J connectivity index is 2.01. The number of amides is 2. The van der Waals surface area contributed by atoms with Gasteiger partial charge in [-0.2, -0.15) is 4.99 Å². The van der Waals surface area contributed by atoms with Crippen LogP contribution in [0.1, 0.15) is 25.3 Å². The van der Waals surface area contributed by atoms with Gasteiger partial charge in [0.15, 0.2) is 0 Å². The van der Waals surface area contributed by atoms with Gasteiger partial charge in [-0.25, -0.2) is 4.79 Å². The zero-order valence-corrected chi connectivity index (χ0v) is 12.1. The van der Waals surface area contributed by atoms with Crippen LogP contribution in [0.15, 0.2) is 29.3 Å². The second-order valence-electron chi connectivity index (χ2n) is 5.89. The lowest BCUT2D eigenvalue weighted by Crippen LogP contribution is -2.50. The fourth-order valence-electron chi connectivity index (χ4n) is 2.81. The van der Waals surface area contributed by atoms with Gasteiger partial charge in [0.1, 0.15) is 11.4 Å². The number of hydrogen-bond donors (Lipinski definition) is 1. The number of benzene rings is 1. The summed E-state index contributed by atoms with van der Waals surface area (Å²) in [5.41, 5.74) is 7.59. The summed E-state index contributed by atoms with van der Waals surface area (Å²) in [4.78, 5) is 20.0. The minimum atomic E-state index is -0.608. The quantitative estimate of drug-likeness (QED) is 0.914. The van der Waals surface area contributed by atoms with E-state index in [1.165, 1.54) is 0 Å². The molecule has 1 aliphatic heterocycles. The first-order chi connectivity index (χ1) is 9.44. The topological polar surface area (TPSA) is 61.9 Å². The van der Waals surface area contributed by atoms with Crippen LogP contribution in [0.3, 0.4) is 0 Å². The lowest BCUT2D eigenvalue weighted by molar-refractivity contribution is 0.173. The zero-order valence-electron chi connectivity index (χ0n) is 12.1. The van der Waals surface area contributed by atoms with Crippen molar-refractivity contribution in [2.75, 3.05) is 19.0 Å². The van der Waals surface area contributed by atoms with E-state index in [1.807, 2.05) is 55.1 Å². The SMILES string of the molecule is CN(C)c1ccc(C2(C)C(N)=NC(=O)N2C2CC2)cc1. The van der Waals surface area contributed by atoms with Crippen LogP contribution in [0.5, 0.6) is 0 Å². The molecule has 5 nitrogen and oxygen atoms in total. The second kappa shape index (κ2) is 4.23. The molecule has 0 saturated heterocycles. The maximum absolute atomic E-state index is 12.1. The van der Waals surface area contributed by atoms with Gasteiger partial charge < -0.3 is 15.5 Å². The number of nitrogens with two attached hydrogens (primary N) is 1. The van der Waals surface area contributed by atoms with Crippen LogP contribution < -0.4 is 10.6 Å². The highest BCUT2D eigenvalue weighted by Gasteiger charge is 2.51. The maximum Gasteiger partial charge on any atom is 0.346 e. The molecule has 1 heterocycles. The molecule has 2 aliphatic rings. The average Bonchev–Trinajstić information content (AvgIpc) is 3.19. The number of urea groups is 1. The molecule has 2 N–H and O–H groups in total. The summed E-state index contributed by atoms with van der Waals surface area (Å²) in [6.45, 7) is 1.99. The first-order valence-corrected chi connectivity index (χ1v) is 6.90. The lowest BCUT2D eigenvalue weighted by Gasteiger charge is -2.35. The molecule has 1 atom stereocenters. The minimum absolute atomic E-state index is 0.204. The van der Waals surface area contributed by atoms with E-state index in [2.05, 4.69) is 4.99 Å². The van der Waals surface area contributed by atoms with E-state index in [0.717, 1.165) is 24.1 Å². The van der Waals surface area contributed by atoms with Crippen molar-refractivity contribution in [3.63, 3.8) is 0 Å². The van der Waals surface area contributed by atoms with Gasteiger partial charge in [-0.1, -0.05) is 12.1 Å². The van der Waals surface area contributed by atoms with Crippen molar-refractivity contribution in [1.29, 1.82) is 0 Å². The van der Waals surface area contributed by atoms with Crippen LogP contribution >= 0.6 is 0 Å². The highest BCUT2D eigenvalue weighted by Crippen LogP contribution is 2.42. The number of rotatable bonds is 3. The van der Waals surface area contributed by atoms with Crippen LogP contribution in [0.4, 0.5) is 10.5 Å². The Morgan fingerprint density at radius 1 is 1.30 bits per heavy atom. The van der Waals surface area contributed by atoms with Gasteiger partial charge in [0.25, 0.3) is 0 Å². The number of nitrogens with zero attached hydrogens (tertiary/aromatic N) is 3. The Bertz CT molecular complexity index is 574. The number of carbonyl (C=O) groups is 1. The minimum Gasteiger partial charge on any atom is -0.385 e. The third-order valence-electron chi connectivity index (χ3n) is 4.26. The molecule has 3 rings (SSSR count). The van der Waals surface area contributed by atoms with Gasteiger partial charge in [0.2, 0.25) is 0 Å². The summed E-state index contributed by atoms with van der Waals surface area (Å²) in [6.07, 6.45) is 2.08. The number of anilines is 1. The van der Waals surface area contributed by atoms with Gasteiger partial charge >= 0.3 is 6.03 Å². The van der Waals surface area contributed by atoms with E-state index in [9.17, 15) is 4.79 Å². The summed E-state index contributed by atoms with van der Waals surface area (Å²) in [7, 11) is 4.00. The first kappa shape index (κ1) is 13.0.